The lowest BCUT2D eigenvalue weighted by molar-refractivity contribution is 0.00415. The van der Waals surface area contributed by atoms with E-state index < -0.39 is 5.97 Å². The van der Waals surface area contributed by atoms with Crippen LogP contribution in [-0.4, -0.2) is 22.0 Å². The van der Waals surface area contributed by atoms with Gasteiger partial charge in [-0.3, -0.25) is 0 Å². The zero-order chi connectivity index (χ0) is 12.3. The summed E-state index contributed by atoms with van der Waals surface area (Å²) in [6.07, 6.45) is 7.09. The van der Waals surface area contributed by atoms with Gasteiger partial charge in [0.25, 0.3) is 0 Å². The van der Waals surface area contributed by atoms with Crippen LogP contribution < -0.4 is 0 Å². The summed E-state index contributed by atoms with van der Waals surface area (Å²) in [6, 6.07) is 0. The van der Waals surface area contributed by atoms with E-state index in [0.29, 0.717) is 5.92 Å². The number of hydrogen-bond acceptors (Lipinski definition) is 4. The SMILES string of the molecule is CC1CCCCC1OC(=O)c1cnc(Cl)cn1. The summed E-state index contributed by atoms with van der Waals surface area (Å²) < 4.78 is 5.44. The summed E-state index contributed by atoms with van der Waals surface area (Å²) in [5, 5.41) is 0.271. The lowest BCUT2D eigenvalue weighted by Gasteiger charge is -2.28. The smallest absolute Gasteiger partial charge is 0.358 e. The molecule has 0 radical (unpaired) electrons. The van der Waals surface area contributed by atoms with Crippen LogP contribution in [0.15, 0.2) is 12.4 Å². The van der Waals surface area contributed by atoms with E-state index in [1.54, 1.807) is 0 Å². The van der Waals surface area contributed by atoms with Crippen molar-refractivity contribution in [2.24, 2.45) is 5.92 Å². The first-order valence-corrected chi connectivity index (χ1v) is 6.23. The molecule has 92 valence electrons. The molecular weight excluding hydrogens is 240 g/mol. The monoisotopic (exact) mass is 254 g/mol. The Kier molecular flexibility index (Phi) is 3.94. The number of aromatic nitrogens is 2. The van der Waals surface area contributed by atoms with E-state index in [1.165, 1.54) is 18.8 Å². The number of carbonyl (C=O) groups excluding carboxylic acids is 1. The molecule has 1 aromatic rings. The molecule has 0 aromatic carbocycles. The molecule has 1 fully saturated rings. The van der Waals surface area contributed by atoms with Crippen molar-refractivity contribution in [3.05, 3.63) is 23.2 Å². The average Bonchev–Trinajstić information content (AvgIpc) is 2.33. The number of nitrogens with zero attached hydrogens (tertiary/aromatic N) is 2. The van der Waals surface area contributed by atoms with Gasteiger partial charge in [0.2, 0.25) is 0 Å². The molecule has 1 heterocycles. The molecule has 0 amide bonds. The Morgan fingerprint density at radius 3 is 2.76 bits per heavy atom. The summed E-state index contributed by atoms with van der Waals surface area (Å²) in [5.41, 5.74) is 0.215. The van der Waals surface area contributed by atoms with Gasteiger partial charge >= 0.3 is 5.97 Å². The molecule has 2 rings (SSSR count). The number of esters is 1. The fourth-order valence-electron chi connectivity index (χ4n) is 2.07. The number of rotatable bonds is 2. The van der Waals surface area contributed by atoms with Gasteiger partial charge in [-0.25, -0.2) is 14.8 Å². The minimum atomic E-state index is -0.409. The lowest BCUT2D eigenvalue weighted by atomic mass is 9.88. The number of ether oxygens (including phenoxy) is 1. The summed E-state index contributed by atoms with van der Waals surface area (Å²) in [4.78, 5) is 19.5. The van der Waals surface area contributed by atoms with Crippen molar-refractivity contribution in [1.29, 1.82) is 0 Å². The zero-order valence-electron chi connectivity index (χ0n) is 9.73. The minimum absolute atomic E-state index is 0.00808. The summed E-state index contributed by atoms with van der Waals surface area (Å²) >= 11 is 5.61. The molecule has 0 saturated heterocycles. The second kappa shape index (κ2) is 5.45. The van der Waals surface area contributed by atoms with Crippen molar-refractivity contribution in [2.75, 3.05) is 0 Å². The van der Waals surface area contributed by atoms with Crippen LogP contribution in [0.4, 0.5) is 0 Å². The van der Waals surface area contributed by atoms with E-state index in [4.69, 9.17) is 16.3 Å². The molecule has 0 bridgehead atoms. The van der Waals surface area contributed by atoms with Gasteiger partial charge in [-0.1, -0.05) is 24.9 Å². The van der Waals surface area contributed by atoms with Crippen molar-refractivity contribution < 1.29 is 9.53 Å². The van der Waals surface area contributed by atoms with Crippen LogP contribution in [0.25, 0.3) is 0 Å². The molecule has 0 spiro atoms. The molecule has 5 heteroatoms. The van der Waals surface area contributed by atoms with Crippen LogP contribution in [0.5, 0.6) is 0 Å². The Labute approximate surface area is 105 Å². The van der Waals surface area contributed by atoms with Gasteiger partial charge < -0.3 is 4.74 Å². The Balaban J connectivity index is 1.98. The van der Waals surface area contributed by atoms with Gasteiger partial charge in [0, 0.05) is 0 Å². The fraction of sp³-hybridized carbons (Fsp3) is 0.583. The minimum Gasteiger partial charge on any atom is -0.457 e. The van der Waals surface area contributed by atoms with Crippen LogP contribution in [0, 0.1) is 5.92 Å². The Morgan fingerprint density at radius 2 is 2.12 bits per heavy atom. The molecule has 0 N–H and O–H groups in total. The summed E-state index contributed by atoms with van der Waals surface area (Å²) in [6.45, 7) is 2.12. The van der Waals surface area contributed by atoms with Gasteiger partial charge in [0.05, 0.1) is 12.4 Å². The molecule has 1 saturated carbocycles. The van der Waals surface area contributed by atoms with Crippen LogP contribution in [0.2, 0.25) is 5.15 Å². The molecule has 1 aromatic heterocycles. The van der Waals surface area contributed by atoms with Crippen molar-refractivity contribution >= 4 is 17.6 Å². The average molecular weight is 255 g/mol. The van der Waals surface area contributed by atoms with E-state index in [0.717, 1.165) is 19.3 Å². The first kappa shape index (κ1) is 12.3. The maximum absolute atomic E-state index is 11.8. The predicted molar refractivity (Wildman–Crippen MR) is 63.9 cm³/mol. The molecule has 1 aliphatic rings. The maximum Gasteiger partial charge on any atom is 0.358 e. The van der Waals surface area contributed by atoms with Crippen LogP contribution in [0.1, 0.15) is 43.1 Å². The van der Waals surface area contributed by atoms with Gasteiger partial charge in [-0.05, 0) is 25.2 Å². The Bertz CT molecular complexity index is 394. The quantitative estimate of drug-likeness (QED) is 0.762. The van der Waals surface area contributed by atoms with Crippen molar-refractivity contribution in [3.8, 4) is 0 Å². The molecular formula is C12H15ClN2O2. The highest BCUT2D eigenvalue weighted by molar-refractivity contribution is 6.29. The van der Waals surface area contributed by atoms with Crippen molar-refractivity contribution in [2.45, 2.75) is 38.7 Å². The first-order chi connectivity index (χ1) is 8.16. The predicted octanol–water partition coefficient (Wildman–Crippen LogP) is 2.87. The number of halogens is 1. The fourth-order valence-corrected chi connectivity index (χ4v) is 2.17. The van der Waals surface area contributed by atoms with Crippen LogP contribution >= 0.6 is 11.6 Å². The molecule has 2 unspecified atom stereocenters. The summed E-state index contributed by atoms with van der Waals surface area (Å²) in [5.74, 6) is 0.0147. The van der Waals surface area contributed by atoms with Gasteiger partial charge in [0.15, 0.2) is 5.69 Å². The van der Waals surface area contributed by atoms with E-state index in [-0.39, 0.29) is 17.0 Å². The van der Waals surface area contributed by atoms with Crippen molar-refractivity contribution in [1.82, 2.24) is 9.97 Å². The first-order valence-electron chi connectivity index (χ1n) is 5.85. The topological polar surface area (TPSA) is 52.1 Å². The van der Waals surface area contributed by atoms with E-state index in [2.05, 4.69) is 16.9 Å². The summed E-state index contributed by atoms with van der Waals surface area (Å²) in [7, 11) is 0. The lowest BCUT2D eigenvalue weighted by Crippen LogP contribution is -2.28. The van der Waals surface area contributed by atoms with E-state index in [1.807, 2.05) is 0 Å². The van der Waals surface area contributed by atoms with E-state index >= 15 is 0 Å². The Hall–Kier alpha value is -1.16. The van der Waals surface area contributed by atoms with Gasteiger partial charge in [0.1, 0.15) is 11.3 Å². The standard InChI is InChI=1S/C12H15ClN2O2/c1-8-4-2-3-5-10(8)17-12(16)9-6-15-11(13)7-14-9/h6-8,10H,2-5H2,1H3. The van der Waals surface area contributed by atoms with Crippen LogP contribution in [0.3, 0.4) is 0 Å². The molecule has 1 aliphatic carbocycles. The third-order valence-corrected chi connectivity index (χ3v) is 3.32. The highest BCUT2D eigenvalue weighted by atomic mass is 35.5. The Morgan fingerprint density at radius 1 is 1.35 bits per heavy atom. The molecule has 4 nitrogen and oxygen atoms in total. The largest absolute Gasteiger partial charge is 0.457 e. The van der Waals surface area contributed by atoms with Crippen LogP contribution in [-0.2, 0) is 4.74 Å². The normalized spacial score (nSPS) is 24.4. The van der Waals surface area contributed by atoms with Gasteiger partial charge in [-0.2, -0.15) is 0 Å². The second-order valence-corrected chi connectivity index (χ2v) is 4.82. The molecule has 2 atom stereocenters. The molecule has 17 heavy (non-hydrogen) atoms. The van der Waals surface area contributed by atoms with E-state index in [9.17, 15) is 4.79 Å². The van der Waals surface area contributed by atoms with Crippen molar-refractivity contribution in [3.63, 3.8) is 0 Å². The zero-order valence-corrected chi connectivity index (χ0v) is 10.5. The second-order valence-electron chi connectivity index (χ2n) is 4.43. The highest BCUT2D eigenvalue weighted by Gasteiger charge is 2.25. The number of hydrogen-bond donors (Lipinski definition) is 0. The maximum atomic E-state index is 11.8. The third-order valence-electron chi connectivity index (χ3n) is 3.12. The third kappa shape index (κ3) is 3.16. The number of carbonyl (C=O) groups is 1. The highest BCUT2D eigenvalue weighted by Crippen LogP contribution is 2.26. The molecule has 0 aliphatic heterocycles. The van der Waals surface area contributed by atoms with Gasteiger partial charge in [-0.15, -0.1) is 0 Å².